The van der Waals surface area contributed by atoms with Gasteiger partial charge in [0.25, 0.3) is 0 Å². The molecule has 2 heterocycles. The third-order valence-corrected chi connectivity index (χ3v) is 4.19. The molecule has 0 unspecified atom stereocenters. The molecule has 2 aromatic heterocycles. The highest BCUT2D eigenvalue weighted by atomic mass is 32.1. The SMILES string of the molecule is COc1ccc2sc3cc(C(=O)O)n(C)c3c2c1. The molecule has 3 aromatic rings. The Labute approximate surface area is 107 Å². The maximum absolute atomic E-state index is 11.1. The van der Waals surface area contributed by atoms with Crippen LogP contribution in [0.15, 0.2) is 24.3 Å². The van der Waals surface area contributed by atoms with Crippen LogP contribution in [0, 0.1) is 0 Å². The fourth-order valence-corrected chi connectivity index (χ4v) is 3.35. The van der Waals surface area contributed by atoms with E-state index < -0.39 is 5.97 Å². The average molecular weight is 261 g/mol. The fourth-order valence-electron chi connectivity index (χ4n) is 2.20. The van der Waals surface area contributed by atoms with E-state index in [1.807, 2.05) is 18.2 Å². The van der Waals surface area contributed by atoms with E-state index in [0.29, 0.717) is 5.69 Å². The fraction of sp³-hybridized carbons (Fsp3) is 0.154. The van der Waals surface area contributed by atoms with Gasteiger partial charge in [0, 0.05) is 17.1 Å². The number of methoxy groups -OCH3 is 1. The van der Waals surface area contributed by atoms with Crippen molar-refractivity contribution in [1.82, 2.24) is 4.57 Å². The molecule has 1 aromatic carbocycles. The summed E-state index contributed by atoms with van der Waals surface area (Å²) in [4.78, 5) is 11.1. The molecule has 0 saturated heterocycles. The minimum Gasteiger partial charge on any atom is -0.497 e. The van der Waals surface area contributed by atoms with Crippen LogP contribution < -0.4 is 4.74 Å². The Balaban J connectivity index is 2.41. The van der Waals surface area contributed by atoms with E-state index in [4.69, 9.17) is 9.84 Å². The van der Waals surface area contributed by atoms with Gasteiger partial charge in [-0.05, 0) is 24.3 Å². The third kappa shape index (κ3) is 1.41. The number of benzene rings is 1. The number of hydrogen-bond acceptors (Lipinski definition) is 3. The molecule has 5 heteroatoms. The quantitative estimate of drug-likeness (QED) is 0.771. The molecule has 0 fully saturated rings. The predicted octanol–water partition coefficient (Wildman–Crippen LogP) is 3.10. The molecule has 1 N–H and O–H groups in total. The summed E-state index contributed by atoms with van der Waals surface area (Å²) in [6.07, 6.45) is 0. The number of carboxylic acid groups (broad SMARTS) is 1. The number of aromatic carboxylic acids is 1. The molecule has 0 radical (unpaired) electrons. The highest BCUT2D eigenvalue weighted by Gasteiger charge is 2.16. The lowest BCUT2D eigenvalue weighted by atomic mass is 10.2. The monoisotopic (exact) mass is 261 g/mol. The summed E-state index contributed by atoms with van der Waals surface area (Å²) in [6.45, 7) is 0. The van der Waals surface area contributed by atoms with Gasteiger partial charge in [0.05, 0.1) is 17.3 Å². The van der Waals surface area contributed by atoms with Crippen molar-refractivity contribution in [2.75, 3.05) is 7.11 Å². The molecule has 0 saturated carbocycles. The van der Waals surface area contributed by atoms with Crippen LogP contribution >= 0.6 is 11.3 Å². The number of aryl methyl sites for hydroxylation is 1. The number of thiophene rings is 1. The van der Waals surface area contributed by atoms with Gasteiger partial charge in [0.1, 0.15) is 11.4 Å². The molecule has 0 amide bonds. The highest BCUT2D eigenvalue weighted by molar-refractivity contribution is 7.25. The van der Waals surface area contributed by atoms with Crippen LogP contribution in [0.1, 0.15) is 10.5 Å². The van der Waals surface area contributed by atoms with Crippen molar-refractivity contribution in [1.29, 1.82) is 0 Å². The summed E-state index contributed by atoms with van der Waals surface area (Å²) in [5.41, 5.74) is 1.26. The number of hydrogen-bond donors (Lipinski definition) is 1. The van der Waals surface area contributed by atoms with E-state index in [9.17, 15) is 4.79 Å². The van der Waals surface area contributed by atoms with E-state index in [1.165, 1.54) is 0 Å². The Hall–Kier alpha value is -2.01. The number of nitrogens with zero attached hydrogens (tertiary/aromatic N) is 1. The van der Waals surface area contributed by atoms with Gasteiger partial charge in [-0.1, -0.05) is 0 Å². The van der Waals surface area contributed by atoms with Crippen LogP contribution in [0.5, 0.6) is 5.75 Å². The Morgan fingerprint density at radius 2 is 2.11 bits per heavy atom. The first-order valence-corrected chi connectivity index (χ1v) is 6.22. The Kier molecular flexibility index (Phi) is 2.31. The van der Waals surface area contributed by atoms with Gasteiger partial charge in [-0.3, -0.25) is 0 Å². The van der Waals surface area contributed by atoms with Crippen LogP contribution in [0.25, 0.3) is 20.3 Å². The van der Waals surface area contributed by atoms with Crippen molar-refractivity contribution in [3.63, 3.8) is 0 Å². The number of ether oxygens (including phenoxy) is 1. The van der Waals surface area contributed by atoms with Gasteiger partial charge in [-0.25, -0.2) is 4.79 Å². The minimum absolute atomic E-state index is 0.306. The van der Waals surface area contributed by atoms with E-state index >= 15 is 0 Å². The lowest BCUT2D eigenvalue weighted by Crippen LogP contribution is -2.03. The van der Waals surface area contributed by atoms with Crippen molar-refractivity contribution in [3.8, 4) is 5.75 Å². The van der Waals surface area contributed by atoms with Gasteiger partial charge < -0.3 is 14.4 Å². The van der Waals surface area contributed by atoms with E-state index in [-0.39, 0.29) is 0 Å². The molecule has 4 nitrogen and oxygen atoms in total. The smallest absolute Gasteiger partial charge is 0.352 e. The Bertz CT molecular complexity index is 769. The molecule has 18 heavy (non-hydrogen) atoms. The van der Waals surface area contributed by atoms with Crippen LogP contribution in [0.4, 0.5) is 0 Å². The van der Waals surface area contributed by atoms with Gasteiger partial charge in [-0.2, -0.15) is 0 Å². The number of aromatic nitrogens is 1. The van der Waals surface area contributed by atoms with E-state index in [2.05, 4.69) is 0 Å². The summed E-state index contributed by atoms with van der Waals surface area (Å²) in [6, 6.07) is 7.57. The summed E-state index contributed by atoms with van der Waals surface area (Å²) in [5.74, 6) is -0.128. The zero-order chi connectivity index (χ0) is 12.9. The molecule has 0 aliphatic rings. The summed E-state index contributed by atoms with van der Waals surface area (Å²) in [5, 5.41) is 10.1. The minimum atomic E-state index is -0.906. The largest absolute Gasteiger partial charge is 0.497 e. The number of fused-ring (bicyclic) bond motifs is 3. The van der Waals surface area contributed by atoms with Crippen LogP contribution in [-0.4, -0.2) is 22.8 Å². The van der Waals surface area contributed by atoms with E-state index in [1.54, 1.807) is 36.1 Å². The van der Waals surface area contributed by atoms with Crippen molar-refractivity contribution >= 4 is 37.6 Å². The molecule has 0 atom stereocenters. The molecule has 0 aliphatic carbocycles. The standard InChI is InChI=1S/C13H11NO3S/c1-14-9(13(15)16)6-11-12(14)8-5-7(17-2)3-4-10(8)18-11/h3-6H,1-2H3,(H,15,16). The molecule has 0 bridgehead atoms. The maximum atomic E-state index is 11.1. The molecule has 92 valence electrons. The normalized spacial score (nSPS) is 11.2. The zero-order valence-corrected chi connectivity index (χ0v) is 10.7. The summed E-state index contributed by atoms with van der Waals surface area (Å²) >= 11 is 1.59. The number of rotatable bonds is 2. The second-order valence-corrected chi connectivity index (χ2v) is 5.15. The Morgan fingerprint density at radius 3 is 2.78 bits per heavy atom. The molecule has 0 aliphatic heterocycles. The third-order valence-electron chi connectivity index (χ3n) is 3.08. The zero-order valence-electron chi connectivity index (χ0n) is 9.93. The molecular weight excluding hydrogens is 250 g/mol. The van der Waals surface area contributed by atoms with Gasteiger partial charge in [0.2, 0.25) is 0 Å². The Morgan fingerprint density at radius 1 is 1.33 bits per heavy atom. The van der Waals surface area contributed by atoms with Crippen LogP contribution in [-0.2, 0) is 7.05 Å². The number of carboxylic acids is 1. The molecule has 3 rings (SSSR count). The topological polar surface area (TPSA) is 51.5 Å². The highest BCUT2D eigenvalue weighted by Crippen LogP contribution is 2.37. The molecular formula is C13H11NO3S. The van der Waals surface area contributed by atoms with Crippen molar-refractivity contribution < 1.29 is 14.6 Å². The van der Waals surface area contributed by atoms with Crippen LogP contribution in [0.3, 0.4) is 0 Å². The average Bonchev–Trinajstić information content (AvgIpc) is 2.85. The van der Waals surface area contributed by atoms with Crippen molar-refractivity contribution in [2.45, 2.75) is 0 Å². The number of carbonyl (C=O) groups is 1. The van der Waals surface area contributed by atoms with Gasteiger partial charge in [-0.15, -0.1) is 11.3 Å². The van der Waals surface area contributed by atoms with Crippen molar-refractivity contribution in [2.24, 2.45) is 7.05 Å². The predicted molar refractivity (Wildman–Crippen MR) is 71.8 cm³/mol. The second kappa shape index (κ2) is 3.74. The molecule has 0 spiro atoms. The van der Waals surface area contributed by atoms with E-state index in [0.717, 1.165) is 26.1 Å². The lowest BCUT2D eigenvalue weighted by Gasteiger charge is -2.01. The lowest BCUT2D eigenvalue weighted by molar-refractivity contribution is 0.0687. The van der Waals surface area contributed by atoms with Crippen molar-refractivity contribution in [3.05, 3.63) is 30.0 Å². The first-order valence-electron chi connectivity index (χ1n) is 5.41. The maximum Gasteiger partial charge on any atom is 0.352 e. The van der Waals surface area contributed by atoms with Crippen LogP contribution in [0.2, 0.25) is 0 Å². The second-order valence-electron chi connectivity index (χ2n) is 4.07. The van der Waals surface area contributed by atoms with Gasteiger partial charge >= 0.3 is 5.97 Å². The first-order chi connectivity index (χ1) is 8.61. The summed E-state index contributed by atoms with van der Waals surface area (Å²) in [7, 11) is 3.40. The first kappa shape index (κ1) is 11.1. The summed E-state index contributed by atoms with van der Waals surface area (Å²) < 4.78 is 9.05. The van der Waals surface area contributed by atoms with Gasteiger partial charge in [0.15, 0.2) is 0 Å².